The zero-order valence-electron chi connectivity index (χ0n) is 9.10. The van der Waals surface area contributed by atoms with Crippen LogP contribution in [0.4, 0.5) is 0 Å². The van der Waals surface area contributed by atoms with E-state index >= 15 is 0 Å². The molecule has 2 aliphatic carbocycles. The van der Waals surface area contributed by atoms with Crippen LogP contribution in [0.15, 0.2) is 0 Å². The van der Waals surface area contributed by atoms with Crippen molar-refractivity contribution in [1.29, 1.82) is 0 Å². The number of rotatable bonds is 4. The maximum Gasteiger partial charge on any atom is 0.0149 e. The molecule has 13 heavy (non-hydrogen) atoms. The molecule has 1 atom stereocenters. The van der Waals surface area contributed by atoms with E-state index in [-0.39, 0.29) is 0 Å². The standard InChI is InChI=1S/C12H23N/c1-3-12(8-4-5-9-12)11(13-2)10-6-7-10/h10-11,13H,3-9H2,1-2H3. The fourth-order valence-corrected chi connectivity index (χ4v) is 3.44. The first-order valence-electron chi connectivity index (χ1n) is 5.99. The lowest BCUT2D eigenvalue weighted by Gasteiger charge is -2.37. The number of hydrogen-bond donors (Lipinski definition) is 1. The van der Waals surface area contributed by atoms with Crippen LogP contribution in [-0.2, 0) is 0 Å². The summed E-state index contributed by atoms with van der Waals surface area (Å²) >= 11 is 0. The first-order chi connectivity index (χ1) is 6.32. The van der Waals surface area contributed by atoms with E-state index in [9.17, 15) is 0 Å². The minimum Gasteiger partial charge on any atom is -0.316 e. The molecule has 0 aromatic carbocycles. The van der Waals surface area contributed by atoms with Crippen LogP contribution in [0, 0.1) is 11.3 Å². The van der Waals surface area contributed by atoms with Crippen LogP contribution < -0.4 is 5.32 Å². The van der Waals surface area contributed by atoms with E-state index in [1.807, 2.05) is 0 Å². The van der Waals surface area contributed by atoms with Crippen molar-refractivity contribution in [2.24, 2.45) is 11.3 Å². The van der Waals surface area contributed by atoms with Gasteiger partial charge in [0.15, 0.2) is 0 Å². The number of nitrogens with one attached hydrogen (secondary N) is 1. The SMILES string of the molecule is CCC1(C(NC)C2CC2)CCCC1. The summed E-state index contributed by atoms with van der Waals surface area (Å²) in [5.41, 5.74) is 0.677. The van der Waals surface area contributed by atoms with E-state index in [4.69, 9.17) is 0 Å². The highest BCUT2D eigenvalue weighted by Gasteiger charge is 2.45. The molecule has 0 spiro atoms. The highest BCUT2D eigenvalue weighted by atomic mass is 14.9. The molecule has 0 aromatic rings. The van der Waals surface area contributed by atoms with Crippen molar-refractivity contribution >= 4 is 0 Å². The lowest BCUT2D eigenvalue weighted by Crippen LogP contribution is -2.43. The Hall–Kier alpha value is -0.0400. The van der Waals surface area contributed by atoms with Gasteiger partial charge >= 0.3 is 0 Å². The molecule has 2 aliphatic rings. The van der Waals surface area contributed by atoms with Gasteiger partial charge in [-0.3, -0.25) is 0 Å². The zero-order chi connectivity index (χ0) is 9.31. The van der Waals surface area contributed by atoms with Crippen LogP contribution in [0.3, 0.4) is 0 Å². The average Bonchev–Trinajstić information content (AvgIpc) is 2.85. The highest BCUT2D eigenvalue weighted by Crippen LogP contribution is 2.50. The van der Waals surface area contributed by atoms with Crippen molar-refractivity contribution in [3.05, 3.63) is 0 Å². The van der Waals surface area contributed by atoms with E-state index < -0.39 is 0 Å². The van der Waals surface area contributed by atoms with Crippen molar-refractivity contribution in [3.63, 3.8) is 0 Å². The summed E-state index contributed by atoms with van der Waals surface area (Å²) in [5.74, 6) is 1.02. The molecule has 1 nitrogen and oxygen atoms in total. The predicted octanol–water partition coefficient (Wildman–Crippen LogP) is 2.95. The molecule has 1 N–H and O–H groups in total. The molecule has 0 saturated heterocycles. The third-order valence-corrected chi connectivity index (χ3v) is 4.37. The Balaban J connectivity index is 2.07. The third kappa shape index (κ3) is 1.63. The summed E-state index contributed by atoms with van der Waals surface area (Å²) in [6, 6.07) is 0.833. The van der Waals surface area contributed by atoms with Crippen molar-refractivity contribution in [2.75, 3.05) is 7.05 Å². The molecule has 2 fully saturated rings. The smallest absolute Gasteiger partial charge is 0.0149 e. The average molecular weight is 181 g/mol. The summed E-state index contributed by atoms with van der Waals surface area (Å²) in [6.07, 6.45) is 10.2. The second-order valence-corrected chi connectivity index (χ2v) is 5.03. The second-order valence-electron chi connectivity index (χ2n) is 5.03. The lowest BCUT2D eigenvalue weighted by atomic mass is 9.74. The van der Waals surface area contributed by atoms with Gasteiger partial charge in [0.1, 0.15) is 0 Å². The van der Waals surface area contributed by atoms with Crippen molar-refractivity contribution < 1.29 is 0 Å². The summed E-state index contributed by atoms with van der Waals surface area (Å²) in [6.45, 7) is 2.39. The van der Waals surface area contributed by atoms with Crippen LogP contribution in [0.25, 0.3) is 0 Å². The fourth-order valence-electron chi connectivity index (χ4n) is 3.44. The summed E-state index contributed by atoms with van der Waals surface area (Å²) < 4.78 is 0. The summed E-state index contributed by atoms with van der Waals surface area (Å²) in [7, 11) is 2.17. The van der Waals surface area contributed by atoms with Crippen LogP contribution in [0.1, 0.15) is 51.9 Å². The van der Waals surface area contributed by atoms with Gasteiger partial charge in [-0.1, -0.05) is 19.8 Å². The van der Waals surface area contributed by atoms with E-state index in [2.05, 4.69) is 19.3 Å². The minimum atomic E-state index is 0.677. The predicted molar refractivity (Wildman–Crippen MR) is 56.8 cm³/mol. The van der Waals surface area contributed by atoms with E-state index in [1.54, 1.807) is 0 Å². The topological polar surface area (TPSA) is 12.0 Å². The van der Waals surface area contributed by atoms with Gasteiger partial charge in [0.05, 0.1) is 0 Å². The molecule has 1 unspecified atom stereocenters. The second kappa shape index (κ2) is 3.61. The van der Waals surface area contributed by atoms with Gasteiger partial charge in [-0.05, 0) is 50.5 Å². The van der Waals surface area contributed by atoms with Crippen LogP contribution in [0.5, 0.6) is 0 Å². The highest BCUT2D eigenvalue weighted by molar-refractivity contribution is 5.00. The molecule has 0 bridgehead atoms. The maximum absolute atomic E-state index is 3.60. The monoisotopic (exact) mass is 181 g/mol. The van der Waals surface area contributed by atoms with E-state index in [0.717, 1.165) is 12.0 Å². The van der Waals surface area contributed by atoms with Gasteiger partial charge in [0, 0.05) is 6.04 Å². The van der Waals surface area contributed by atoms with Gasteiger partial charge in [0.2, 0.25) is 0 Å². The Kier molecular flexibility index (Phi) is 2.64. The molecule has 76 valence electrons. The van der Waals surface area contributed by atoms with Crippen LogP contribution in [-0.4, -0.2) is 13.1 Å². The third-order valence-electron chi connectivity index (χ3n) is 4.37. The van der Waals surface area contributed by atoms with Crippen molar-refractivity contribution in [1.82, 2.24) is 5.32 Å². The lowest BCUT2D eigenvalue weighted by molar-refractivity contribution is 0.174. The Morgan fingerprint density at radius 3 is 2.31 bits per heavy atom. The Morgan fingerprint density at radius 1 is 1.31 bits per heavy atom. The minimum absolute atomic E-state index is 0.677. The summed E-state index contributed by atoms with van der Waals surface area (Å²) in [5, 5.41) is 3.60. The van der Waals surface area contributed by atoms with Gasteiger partial charge < -0.3 is 5.32 Å². The first kappa shape index (κ1) is 9.51. The Bertz CT molecular complexity index is 166. The molecule has 0 aliphatic heterocycles. The molecule has 0 aromatic heterocycles. The Labute approximate surface area is 82.3 Å². The van der Waals surface area contributed by atoms with Crippen LogP contribution in [0.2, 0.25) is 0 Å². The number of hydrogen-bond acceptors (Lipinski definition) is 1. The quantitative estimate of drug-likeness (QED) is 0.703. The van der Waals surface area contributed by atoms with Crippen LogP contribution >= 0.6 is 0 Å². The largest absolute Gasteiger partial charge is 0.316 e. The van der Waals surface area contributed by atoms with Gasteiger partial charge in [0.25, 0.3) is 0 Å². The van der Waals surface area contributed by atoms with E-state index in [0.29, 0.717) is 5.41 Å². The molecule has 2 saturated carbocycles. The fraction of sp³-hybridized carbons (Fsp3) is 1.00. The maximum atomic E-state index is 3.60. The molecule has 2 rings (SSSR count). The van der Waals surface area contributed by atoms with Crippen molar-refractivity contribution in [3.8, 4) is 0 Å². The molecule has 0 radical (unpaired) electrons. The molecular weight excluding hydrogens is 158 g/mol. The van der Waals surface area contributed by atoms with Crippen molar-refractivity contribution in [2.45, 2.75) is 57.9 Å². The van der Waals surface area contributed by atoms with Gasteiger partial charge in [-0.15, -0.1) is 0 Å². The normalized spacial score (nSPS) is 29.1. The molecular formula is C12H23N. The zero-order valence-corrected chi connectivity index (χ0v) is 9.10. The van der Waals surface area contributed by atoms with Gasteiger partial charge in [-0.25, -0.2) is 0 Å². The van der Waals surface area contributed by atoms with Gasteiger partial charge in [-0.2, -0.15) is 0 Å². The summed E-state index contributed by atoms with van der Waals surface area (Å²) in [4.78, 5) is 0. The molecule has 0 amide bonds. The Morgan fingerprint density at radius 2 is 1.92 bits per heavy atom. The van der Waals surface area contributed by atoms with E-state index in [1.165, 1.54) is 44.9 Å². The molecule has 0 heterocycles. The first-order valence-corrected chi connectivity index (χ1v) is 5.99. The molecule has 1 heteroatoms.